The first-order chi connectivity index (χ1) is 8.50. The summed E-state index contributed by atoms with van der Waals surface area (Å²) in [7, 11) is 0. The van der Waals surface area contributed by atoms with E-state index in [4.69, 9.17) is 27.9 Å². The fraction of sp³-hybridized carbons (Fsp3) is 0.333. The van der Waals surface area contributed by atoms with Gasteiger partial charge in [-0.2, -0.15) is 0 Å². The molecule has 0 bridgehead atoms. The molecule has 1 heterocycles. The Morgan fingerprint density at radius 1 is 1.56 bits per heavy atom. The van der Waals surface area contributed by atoms with Crippen LogP contribution in [0.25, 0.3) is 0 Å². The SMILES string of the molecule is C=C(C)COCCNC(=O)c1cc(Cl)ncc1Cl. The Labute approximate surface area is 116 Å². The number of ether oxygens (including phenoxy) is 1. The summed E-state index contributed by atoms with van der Waals surface area (Å²) in [5, 5.41) is 3.17. The van der Waals surface area contributed by atoms with Gasteiger partial charge in [-0.3, -0.25) is 4.79 Å². The average Bonchev–Trinajstić information content (AvgIpc) is 2.31. The normalized spacial score (nSPS) is 10.2. The van der Waals surface area contributed by atoms with Gasteiger partial charge in [0.15, 0.2) is 0 Å². The zero-order valence-corrected chi connectivity index (χ0v) is 11.5. The lowest BCUT2D eigenvalue weighted by Gasteiger charge is -2.07. The summed E-state index contributed by atoms with van der Waals surface area (Å²) >= 11 is 11.5. The van der Waals surface area contributed by atoms with Crippen LogP contribution in [0.15, 0.2) is 24.4 Å². The third-order valence-electron chi connectivity index (χ3n) is 1.95. The van der Waals surface area contributed by atoms with Crippen LogP contribution in [0.2, 0.25) is 10.2 Å². The van der Waals surface area contributed by atoms with Crippen LogP contribution < -0.4 is 5.32 Å². The number of nitrogens with one attached hydrogen (secondary N) is 1. The Balaban J connectivity index is 2.41. The lowest BCUT2D eigenvalue weighted by Crippen LogP contribution is -2.27. The molecule has 1 aromatic rings. The molecule has 0 aliphatic rings. The summed E-state index contributed by atoms with van der Waals surface area (Å²) in [5.41, 5.74) is 1.24. The van der Waals surface area contributed by atoms with Crippen molar-refractivity contribution in [1.29, 1.82) is 0 Å². The molecule has 0 aromatic carbocycles. The molecule has 4 nitrogen and oxygen atoms in total. The van der Waals surface area contributed by atoms with Crippen LogP contribution in [-0.2, 0) is 4.74 Å². The summed E-state index contributed by atoms with van der Waals surface area (Å²) in [6.45, 7) is 6.86. The van der Waals surface area contributed by atoms with Crippen molar-refractivity contribution in [3.05, 3.63) is 40.2 Å². The molecule has 0 unspecified atom stereocenters. The van der Waals surface area contributed by atoms with Crippen molar-refractivity contribution in [3.8, 4) is 0 Å². The first-order valence-electron chi connectivity index (χ1n) is 5.32. The van der Waals surface area contributed by atoms with E-state index in [2.05, 4.69) is 16.9 Å². The van der Waals surface area contributed by atoms with Crippen LogP contribution in [0.3, 0.4) is 0 Å². The second kappa shape index (κ2) is 7.36. The van der Waals surface area contributed by atoms with Gasteiger partial charge in [-0.25, -0.2) is 4.98 Å². The summed E-state index contributed by atoms with van der Waals surface area (Å²) < 4.78 is 5.25. The summed E-state index contributed by atoms with van der Waals surface area (Å²) in [4.78, 5) is 15.5. The molecule has 1 amide bonds. The maximum Gasteiger partial charge on any atom is 0.253 e. The molecule has 6 heteroatoms. The van der Waals surface area contributed by atoms with Crippen molar-refractivity contribution in [2.24, 2.45) is 0 Å². The van der Waals surface area contributed by atoms with E-state index >= 15 is 0 Å². The average molecular weight is 289 g/mol. The van der Waals surface area contributed by atoms with Gasteiger partial charge < -0.3 is 10.1 Å². The molecule has 1 rings (SSSR count). The van der Waals surface area contributed by atoms with Crippen LogP contribution in [0.4, 0.5) is 0 Å². The number of pyridine rings is 1. The van der Waals surface area contributed by atoms with Gasteiger partial charge in [-0.05, 0) is 13.0 Å². The van der Waals surface area contributed by atoms with Crippen LogP contribution in [0.1, 0.15) is 17.3 Å². The lowest BCUT2D eigenvalue weighted by atomic mass is 10.2. The second-order valence-electron chi connectivity index (χ2n) is 3.75. The third-order valence-corrected chi connectivity index (χ3v) is 2.45. The molecule has 1 aromatic heterocycles. The molecule has 0 fully saturated rings. The predicted octanol–water partition coefficient (Wildman–Crippen LogP) is 2.71. The van der Waals surface area contributed by atoms with E-state index in [0.29, 0.717) is 25.3 Å². The molecule has 98 valence electrons. The Bertz CT molecular complexity index is 450. The number of aromatic nitrogens is 1. The largest absolute Gasteiger partial charge is 0.375 e. The maximum atomic E-state index is 11.8. The quantitative estimate of drug-likeness (QED) is 0.497. The lowest BCUT2D eigenvalue weighted by molar-refractivity contribution is 0.0927. The zero-order chi connectivity index (χ0) is 13.5. The van der Waals surface area contributed by atoms with Gasteiger partial charge in [0.2, 0.25) is 0 Å². The third kappa shape index (κ3) is 5.04. The highest BCUT2D eigenvalue weighted by Crippen LogP contribution is 2.17. The first kappa shape index (κ1) is 15.0. The highest BCUT2D eigenvalue weighted by atomic mass is 35.5. The van der Waals surface area contributed by atoms with Crippen molar-refractivity contribution in [2.75, 3.05) is 19.8 Å². The molecule has 0 saturated carbocycles. The Morgan fingerprint density at radius 2 is 2.28 bits per heavy atom. The highest BCUT2D eigenvalue weighted by molar-refractivity contribution is 6.35. The van der Waals surface area contributed by atoms with Crippen LogP contribution in [0, 0.1) is 0 Å². The minimum absolute atomic E-state index is 0.225. The number of hydrogen-bond donors (Lipinski definition) is 1. The van der Waals surface area contributed by atoms with Crippen LogP contribution >= 0.6 is 23.2 Å². The fourth-order valence-corrected chi connectivity index (χ4v) is 1.51. The smallest absolute Gasteiger partial charge is 0.253 e. The van der Waals surface area contributed by atoms with Crippen molar-refractivity contribution in [1.82, 2.24) is 10.3 Å². The Kier molecular flexibility index (Phi) is 6.12. The number of carbonyl (C=O) groups excluding carboxylic acids is 1. The Morgan fingerprint density at radius 3 is 2.94 bits per heavy atom. The van der Waals surface area contributed by atoms with E-state index in [1.807, 2.05) is 6.92 Å². The standard InChI is InChI=1S/C12H14Cl2N2O2/c1-8(2)7-18-4-3-15-12(17)9-5-11(14)16-6-10(9)13/h5-6H,1,3-4,7H2,2H3,(H,15,17). The minimum atomic E-state index is -0.303. The van der Waals surface area contributed by atoms with Crippen molar-refractivity contribution >= 4 is 29.1 Å². The summed E-state index contributed by atoms with van der Waals surface area (Å²) in [6, 6.07) is 1.42. The van der Waals surface area contributed by atoms with E-state index in [-0.39, 0.29) is 16.1 Å². The van der Waals surface area contributed by atoms with Gasteiger partial charge >= 0.3 is 0 Å². The van der Waals surface area contributed by atoms with Gasteiger partial charge in [-0.1, -0.05) is 35.4 Å². The van der Waals surface area contributed by atoms with E-state index in [9.17, 15) is 4.79 Å². The zero-order valence-electron chi connectivity index (χ0n) is 10.0. The summed E-state index contributed by atoms with van der Waals surface area (Å²) in [6.07, 6.45) is 1.34. The second-order valence-corrected chi connectivity index (χ2v) is 4.55. The molecular formula is C12H14Cl2N2O2. The monoisotopic (exact) mass is 288 g/mol. The van der Waals surface area contributed by atoms with Gasteiger partial charge in [0.25, 0.3) is 5.91 Å². The molecule has 0 aliphatic carbocycles. The molecule has 18 heavy (non-hydrogen) atoms. The first-order valence-corrected chi connectivity index (χ1v) is 6.07. The molecule has 1 N–H and O–H groups in total. The number of amides is 1. The van der Waals surface area contributed by atoms with E-state index < -0.39 is 0 Å². The number of halogens is 2. The topological polar surface area (TPSA) is 51.2 Å². The predicted molar refractivity (Wildman–Crippen MR) is 72.2 cm³/mol. The van der Waals surface area contributed by atoms with Gasteiger partial charge in [-0.15, -0.1) is 0 Å². The molecule has 0 atom stereocenters. The van der Waals surface area contributed by atoms with Gasteiger partial charge in [0.1, 0.15) is 5.15 Å². The minimum Gasteiger partial charge on any atom is -0.375 e. The number of nitrogens with zero attached hydrogens (tertiary/aromatic N) is 1. The number of hydrogen-bond acceptors (Lipinski definition) is 3. The fourth-order valence-electron chi connectivity index (χ4n) is 1.17. The number of rotatable bonds is 6. The molecule has 0 aliphatic heterocycles. The highest BCUT2D eigenvalue weighted by Gasteiger charge is 2.10. The molecule has 0 spiro atoms. The van der Waals surface area contributed by atoms with Crippen molar-refractivity contribution in [3.63, 3.8) is 0 Å². The molecular weight excluding hydrogens is 275 g/mol. The van der Waals surface area contributed by atoms with Crippen molar-refractivity contribution in [2.45, 2.75) is 6.92 Å². The van der Waals surface area contributed by atoms with E-state index in [1.54, 1.807) is 0 Å². The van der Waals surface area contributed by atoms with E-state index in [0.717, 1.165) is 5.57 Å². The van der Waals surface area contributed by atoms with E-state index in [1.165, 1.54) is 12.3 Å². The number of carbonyl (C=O) groups is 1. The summed E-state index contributed by atoms with van der Waals surface area (Å²) in [5.74, 6) is -0.303. The van der Waals surface area contributed by atoms with Crippen molar-refractivity contribution < 1.29 is 9.53 Å². The van der Waals surface area contributed by atoms with Gasteiger partial charge in [0, 0.05) is 12.7 Å². The van der Waals surface area contributed by atoms with Gasteiger partial charge in [0.05, 0.1) is 23.8 Å². The molecule has 0 radical (unpaired) electrons. The van der Waals surface area contributed by atoms with Crippen LogP contribution in [-0.4, -0.2) is 30.6 Å². The maximum absolute atomic E-state index is 11.8. The Hall–Kier alpha value is -1.10. The molecule has 0 saturated heterocycles. The van der Waals surface area contributed by atoms with Crippen LogP contribution in [0.5, 0.6) is 0 Å².